The fraction of sp³-hybridized carbons (Fsp3) is 0.200. The highest BCUT2D eigenvalue weighted by atomic mass is 79.9. The van der Waals surface area contributed by atoms with Crippen LogP contribution in [0.25, 0.3) is 0 Å². The minimum atomic E-state index is 0.327. The first-order valence-electron chi connectivity index (χ1n) is 8.99. The molecule has 30 heavy (non-hydrogen) atoms. The van der Waals surface area contributed by atoms with Crippen LogP contribution in [0.3, 0.4) is 0 Å². The zero-order valence-electron chi connectivity index (χ0n) is 16.7. The molecule has 0 saturated carbocycles. The van der Waals surface area contributed by atoms with Gasteiger partial charge in [-0.3, -0.25) is 0 Å². The number of aromatic nitrogens is 3. The summed E-state index contributed by atoms with van der Waals surface area (Å²) in [5, 5.41) is 7.49. The van der Waals surface area contributed by atoms with Crippen molar-refractivity contribution in [3.05, 3.63) is 62.5 Å². The maximum atomic E-state index is 5.43. The highest BCUT2D eigenvalue weighted by molar-refractivity contribution is 9.11. The van der Waals surface area contributed by atoms with Crippen LogP contribution in [0.1, 0.15) is 11.1 Å². The molecule has 0 saturated heterocycles. The molecule has 8 nitrogen and oxygen atoms in total. The molecule has 3 aromatic rings. The maximum Gasteiger partial charge on any atom is 0.250 e. The van der Waals surface area contributed by atoms with Crippen LogP contribution in [0.15, 0.2) is 56.5 Å². The topological polar surface area (TPSA) is 87.6 Å². The average molecular weight is 535 g/mol. The zero-order valence-corrected chi connectivity index (χ0v) is 19.9. The molecule has 0 fully saturated rings. The van der Waals surface area contributed by atoms with Crippen molar-refractivity contribution in [2.24, 2.45) is 5.10 Å². The molecule has 2 aromatic carbocycles. The molecule has 0 radical (unpaired) electrons. The van der Waals surface area contributed by atoms with E-state index in [1.54, 1.807) is 18.2 Å². The van der Waals surface area contributed by atoms with Gasteiger partial charge in [0.1, 0.15) is 5.75 Å². The molecule has 0 atom stereocenters. The van der Waals surface area contributed by atoms with Crippen LogP contribution in [-0.2, 0) is 6.54 Å². The molecule has 0 aliphatic carbocycles. The van der Waals surface area contributed by atoms with Gasteiger partial charge in [-0.1, -0.05) is 46.3 Å². The second kappa shape index (κ2) is 10.4. The summed E-state index contributed by atoms with van der Waals surface area (Å²) in [6.07, 6.45) is 1.64. The lowest BCUT2D eigenvalue weighted by Crippen LogP contribution is -2.16. The van der Waals surface area contributed by atoms with Gasteiger partial charge in [0.25, 0.3) is 0 Å². The van der Waals surface area contributed by atoms with Crippen molar-refractivity contribution in [1.82, 2.24) is 15.0 Å². The lowest BCUT2D eigenvalue weighted by Gasteiger charge is -2.13. The molecule has 156 valence electrons. The third kappa shape index (κ3) is 5.90. The van der Waals surface area contributed by atoms with Gasteiger partial charge in [-0.05, 0) is 33.6 Å². The number of nitrogens with zero attached hydrogens (tertiary/aromatic N) is 5. The Bertz CT molecular complexity index is 1030. The van der Waals surface area contributed by atoms with Crippen LogP contribution in [-0.4, -0.2) is 42.4 Å². The first kappa shape index (κ1) is 22.0. The first-order chi connectivity index (χ1) is 14.5. The van der Waals surface area contributed by atoms with Crippen molar-refractivity contribution in [2.75, 3.05) is 36.8 Å². The summed E-state index contributed by atoms with van der Waals surface area (Å²) >= 11 is 6.95. The smallest absolute Gasteiger partial charge is 0.250 e. The van der Waals surface area contributed by atoms with Crippen molar-refractivity contribution in [3.8, 4) is 5.75 Å². The normalized spacial score (nSPS) is 10.8. The number of hydrogen-bond acceptors (Lipinski definition) is 8. The van der Waals surface area contributed by atoms with E-state index in [-0.39, 0.29) is 0 Å². The van der Waals surface area contributed by atoms with Crippen molar-refractivity contribution < 1.29 is 4.74 Å². The van der Waals surface area contributed by atoms with E-state index >= 15 is 0 Å². The molecular weight excluding hydrogens is 514 g/mol. The molecule has 0 aliphatic rings. The Morgan fingerprint density at radius 2 is 1.80 bits per heavy atom. The molecule has 10 heteroatoms. The first-order valence-corrected chi connectivity index (χ1v) is 10.6. The molecule has 1 aromatic heterocycles. The summed E-state index contributed by atoms with van der Waals surface area (Å²) in [4.78, 5) is 15.0. The van der Waals surface area contributed by atoms with Crippen molar-refractivity contribution >= 4 is 55.9 Å². The number of anilines is 3. The van der Waals surface area contributed by atoms with Crippen LogP contribution in [0.4, 0.5) is 17.8 Å². The van der Waals surface area contributed by atoms with E-state index in [1.807, 2.05) is 56.6 Å². The Hall–Kier alpha value is -2.72. The Balaban J connectivity index is 1.78. The largest absolute Gasteiger partial charge is 0.495 e. The molecule has 0 bridgehead atoms. The molecule has 0 unspecified atom stereocenters. The third-order valence-corrected chi connectivity index (χ3v) is 4.97. The van der Waals surface area contributed by atoms with Gasteiger partial charge >= 0.3 is 0 Å². The van der Waals surface area contributed by atoms with Crippen LogP contribution >= 0.6 is 31.9 Å². The van der Waals surface area contributed by atoms with Crippen LogP contribution in [0.2, 0.25) is 0 Å². The minimum absolute atomic E-state index is 0.327. The summed E-state index contributed by atoms with van der Waals surface area (Å²) in [6, 6.07) is 13.8. The summed E-state index contributed by atoms with van der Waals surface area (Å²) in [5.74, 6) is 1.98. The molecule has 3 rings (SSSR count). The molecular formula is C20H21Br2N7O. The third-order valence-electron chi connectivity index (χ3n) is 3.93. The number of ether oxygens (including phenoxy) is 1. The average Bonchev–Trinajstić information content (AvgIpc) is 2.72. The molecule has 1 heterocycles. The van der Waals surface area contributed by atoms with E-state index in [9.17, 15) is 0 Å². The number of nitrogens with one attached hydrogen (secondary N) is 2. The zero-order chi connectivity index (χ0) is 21.5. The van der Waals surface area contributed by atoms with Crippen LogP contribution in [0.5, 0.6) is 5.75 Å². The van der Waals surface area contributed by atoms with Gasteiger partial charge in [-0.2, -0.15) is 20.1 Å². The monoisotopic (exact) mass is 533 g/mol. The predicted octanol–water partition coefficient (Wildman–Crippen LogP) is 4.53. The predicted molar refractivity (Wildman–Crippen MR) is 128 cm³/mol. The molecule has 2 N–H and O–H groups in total. The van der Waals surface area contributed by atoms with Crippen molar-refractivity contribution in [3.63, 3.8) is 0 Å². The van der Waals surface area contributed by atoms with Gasteiger partial charge in [-0.25, -0.2) is 5.43 Å². The Morgan fingerprint density at radius 3 is 2.50 bits per heavy atom. The highest BCUT2D eigenvalue weighted by Crippen LogP contribution is 2.31. The molecule has 0 spiro atoms. The number of rotatable bonds is 8. The van der Waals surface area contributed by atoms with E-state index < -0.39 is 0 Å². The van der Waals surface area contributed by atoms with E-state index in [0.29, 0.717) is 30.1 Å². The van der Waals surface area contributed by atoms with E-state index in [0.717, 1.165) is 20.1 Å². The Morgan fingerprint density at radius 1 is 1.07 bits per heavy atom. The maximum absolute atomic E-state index is 5.43. The van der Waals surface area contributed by atoms with Crippen molar-refractivity contribution in [2.45, 2.75) is 6.54 Å². The van der Waals surface area contributed by atoms with E-state index in [1.165, 1.54) is 0 Å². The van der Waals surface area contributed by atoms with E-state index in [2.05, 4.69) is 62.7 Å². The Labute approximate surface area is 192 Å². The van der Waals surface area contributed by atoms with Crippen molar-refractivity contribution in [1.29, 1.82) is 0 Å². The van der Waals surface area contributed by atoms with Crippen LogP contribution < -0.4 is 20.4 Å². The van der Waals surface area contributed by atoms with Crippen LogP contribution in [0, 0.1) is 0 Å². The van der Waals surface area contributed by atoms with Gasteiger partial charge in [0.15, 0.2) is 0 Å². The quantitative estimate of drug-likeness (QED) is 0.324. The summed E-state index contributed by atoms with van der Waals surface area (Å²) in [5.41, 5.74) is 4.79. The second-order valence-corrected chi connectivity index (χ2v) is 8.17. The fourth-order valence-electron chi connectivity index (χ4n) is 2.52. The Kier molecular flexibility index (Phi) is 7.58. The van der Waals surface area contributed by atoms with Gasteiger partial charge in [-0.15, -0.1) is 0 Å². The number of hydrogen-bond donors (Lipinski definition) is 2. The van der Waals surface area contributed by atoms with E-state index in [4.69, 9.17) is 4.74 Å². The lowest BCUT2D eigenvalue weighted by atomic mass is 10.2. The second-order valence-electron chi connectivity index (χ2n) is 6.40. The number of methoxy groups -OCH3 is 1. The van der Waals surface area contributed by atoms with Gasteiger partial charge in [0.05, 0.1) is 17.8 Å². The summed E-state index contributed by atoms with van der Waals surface area (Å²) in [6.45, 7) is 0.601. The highest BCUT2D eigenvalue weighted by Gasteiger charge is 2.09. The van der Waals surface area contributed by atoms with Gasteiger partial charge < -0.3 is 15.0 Å². The lowest BCUT2D eigenvalue weighted by molar-refractivity contribution is 0.411. The summed E-state index contributed by atoms with van der Waals surface area (Å²) < 4.78 is 7.16. The molecule has 0 aliphatic heterocycles. The SMILES string of the molecule is COc1c(Br)cc(Br)cc1C=NNc1nc(NCc2ccccc2)nc(N(C)C)n1. The number of halogens is 2. The number of benzene rings is 2. The summed E-state index contributed by atoms with van der Waals surface area (Å²) in [7, 11) is 5.35. The standard InChI is InChI=1S/C20H21Br2N7O/c1-29(2)20-26-18(23-11-13-7-5-4-6-8-13)25-19(27-20)28-24-12-14-9-15(21)10-16(22)17(14)30-3/h4-10,12H,11H2,1-3H3,(H2,23,25,26,27,28). The van der Waals surface area contributed by atoms with Gasteiger partial charge in [0, 0.05) is 30.7 Å². The molecule has 0 amide bonds. The fourth-order valence-corrected chi connectivity index (χ4v) is 3.94. The van der Waals surface area contributed by atoms with Gasteiger partial charge in [0.2, 0.25) is 17.8 Å². The minimum Gasteiger partial charge on any atom is -0.495 e. The number of hydrazone groups is 1.